The largest absolute Gasteiger partial charge is 0.468 e. The number of methoxy groups -OCH3 is 2. The fourth-order valence-electron chi connectivity index (χ4n) is 1.97. The van der Waals surface area contributed by atoms with Gasteiger partial charge in [-0.15, -0.1) is 0 Å². The number of rotatable bonds is 7. The van der Waals surface area contributed by atoms with Gasteiger partial charge >= 0.3 is 5.97 Å². The first-order chi connectivity index (χ1) is 9.10. The zero-order valence-electron chi connectivity index (χ0n) is 12.1. The highest BCUT2D eigenvalue weighted by Crippen LogP contribution is 2.16. The van der Waals surface area contributed by atoms with E-state index in [0.717, 1.165) is 5.56 Å². The van der Waals surface area contributed by atoms with E-state index >= 15 is 0 Å². The number of hydrogen-bond acceptors (Lipinski definition) is 4. The van der Waals surface area contributed by atoms with E-state index in [1.165, 1.54) is 7.11 Å². The summed E-state index contributed by atoms with van der Waals surface area (Å²) in [5.74, 6) is -0.0949. The van der Waals surface area contributed by atoms with Gasteiger partial charge in [-0.2, -0.15) is 0 Å². The summed E-state index contributed by atoms with van der Waals surface area (Å²) >= 11 is 0. The number of carbonyl (C=O) groups is 1. The molecule has 0 aliphatic heterocycles. The predicted molar refractivity (Wildman–Crippen MR) is 74.8 cm³/mol. The van der Waals surface area contributed by atoms with Crippen LogP contribution >= 0.6 is 0 Å². The molecule has 1 N–H and O–H groups in total. The second-order valence-electron chi connectivity index (χ2n) is 4.83. The molecule has 0 aliphatic carbocycles. The molecule has 0 radical (unpaired) electrons. The van der Waals surface area contributed by atoms with Crippen molar-refractivity contribution >= 4 is 5.97 Å². The van der Waals surface area contributed by atoms with E-state index in [1.54, 1.807) is 7.11 Å². The molecule has 4 nitrogen and oxygen atoms in total. The second kappa shape index (κ2) is 7.92. The molecule has 0 bridgehead atoms. The molecule has 19 heavy (non-hydrogen) atoms. The van der Waals surface area contributed by atoms with Crippen LogP contribution in [0.15, 0.2) is 30.3 Å². The van der Waals surface area contributed by atoms with Crippen LogP contribution in [0.4, 0.5) is 0 Å². The van der Waals surface area contributed by atoms with Crippen molar-refractivity contribution in [2.24, 2.45) is 5.92 Å². The van der Waals surface area contributed by atoms with Gasteiger partial charge in [-0.3, -0.25) is 10.1 Å². The molecule has 106 valence electrons. The van der Waals surface area contributed by atoms with Crippen molar-refractivity contribution in [3.63, 3.8) is 0 Å². The summed E-state index contributed by atoms with van der Waals surface area (Å²) in [7, 11) is 3.06. The van der Waals surface area contributed by atoms with Gasteiger partial charge < -0.3 is 9.47 Å². The standard InChI is InChI=1S/C15H23NO3/c1-11(2)14(15(17)19-4)16-13(10-18-3)12-8-6-5-7-9-12/h5-9,11,13-14,16H,10H2,1-4H3. The average Bonchev–Trinajstić information content (AvgIpc) is 2.43. The molecule has 1 aromatic rings. The van der Waals surface area contributed by atoms with E-state index in [2.05, 4.69) is 5.32 Å². The minimum atomic E-state index is -0.342. The fourth-order valence-corrected chi connectivity index (χ4v) is 1.97. The summed E-state index contributed by atoms with van der Waals surface area (Å²) in [4.78, 5) is 11.8. The quantitative estimate of drug-likeness (QED) is 0.768. The molecule has 0 saturated carbocycles. The number of esters is 1. The van der Waals surface area contributed by atoms with Crippen molar-refractivity contribution in [1.29, 1.82) is 0 Å². The Balaban J connectivity index is 2.85. The van der Waals surface area contributed by atoms with Crippen LogP contribution in [-0.2, 0) is 14.3 Å². The van der Waals surface area contributed by atoms with Crippen LogP contribution in [0.1, 0.15) is 25.5 Å². The first-order valence-electron chi connectivity index (χ1n) is 6.48. The van der Waals surface area contributed by atoms with Gasteiger partial charge in [0.15, 0.2) is 0 Å². The van der Waals surface area contributed by atoms with Gasteiger partial charge in [0, 0.05) is 7.11 Å². The molecule has 0 aromatic heterocycles. The molecule has 0 aliphatic rings. The maximum absolute atomic E-state index is 11.8. The third-order valence-electron chi connectivity index (χ3n) is 3.04. The summed E-state index contributed by atoms with van der Waals surface area (Å²) in [6, 6.07) is 9.58. The summed E-state index contributed by atoms with van der Waals surface area (Å²) in [6.07, 6.45) is 0. The normalized spacial score (nSPS) is 14.2. The predicted octanol–water partition coefficient (Wildman–Crippen LogP) is 2.16. The lowest BCUT2D eigenvalue weighted by Crippen LogP contribution is -2.44. The Labute approximate surface area is 115 Å². The maximum Gasteiger partial charge on any atom is 0.323 e. The van der Waals surface area contributed by atoms with Crippen LogP contribution in [0.25, 0.3) is 0 Å². The SMILES string of the molecule is COCC(NC(C(=O)OC)C(C)C)c1ccccc1. The van der Waals surface area contributed by atoms with Gasteiger partial charge in [-0.1, -0.05) is 44.2 Å². The zero-order valence-corrected chi connectivity index (χ0v) is 12.1. The Morgan fingerprint density at radius 1 is 1.21 bits per heavy atom. The lowest BCUT2D eigenvalue weighted by molar-refractivity contribution is -0.144. The third-order valence-corrected chi connectivity index (χ3v) is 3.04. The van der Waals surface area contributed by atoms with Crippen molar-refractivity contribution in [3.05, 3.63) is 35.9 Å². The number of nitrogens with one attached hydrogen (secondary N) is 1. The topological polar surface area (TPSA) is 47.6 Å². The third kappa shape index (κ3) is 4.65. The van der Waals surface area contributed by atoms with Crippen molar-refractivity contribution in [3.8, 4) is 0 Å². The molecular formula is C15H23NO3. The van der Waals surface area contributed by atoms with Crippen molar-refractivity contribution in [2.45, 2.75) is 25.9 Å². The number of benzene rings is 1. The Bertz CT molecular complexity index is 378. The number of hydrogen-bond donors (Lipinski definition) is 1. The van der Waals surface area contributed by atoms with E-state index in [9.17, 15) is 4.79 Å². The van der Waals surface area contributed by atoms with E-state index in [0.29, 0.717) is 6.61 Å². The second-order valence-corrected chi connectivity index (χ2v) is 4.83. The fraction of sp³-hybridized carbons (Fsp3) is 0.533. The van der Waals surface area contributed by atoms with Gasteiger partial charge in [0.2, 0.25) is 0 Å². The van der Waals surface area contributed by atoms with Gasteiger partial charge in [-0.25, -0.2) is 0 Å². The highest BCUT2D eigenvalue weighted by molar-refractivity contribution is 5.76. The van der Waals surface area contributed by atoms with Gasteiger partial charge in [0.25, 0.3) is 0 Å². The maximum atomic E-state index is 11.8. The highest BCUT2D eigenvalue weighted by Gasteiger charge is 2.26. The first-order valence-corrected chi connectivity index (χ1v) is 6.48. The monoisotopic (exact) mass is 265 g/mol. The smallest absolute Gasteiger partial charge is 0.323 e. The van der Waals surface area contributed by atoms with Gasteiger partial charge in [0.05, 0.1) is 19.8 Å². The molecule has 0 fully saturated rings. The summed E-state index contributed by atoms with van der Waals surface area (Å²) in [5, 5.41) is 3.32. The van der Waals surface area contributed by atoms with Gasteiger partial charge in [0.1, 0.15) is 6.04 Å². The summed E-state index contributed by atoms with van der Waals surface area (Å²) < 4.78 is 10.1. The van der Waals surface area contributed by atoms with Crippen molar-refractivity contribution in [2.75, 3.05) is 20.8 Å². The van der Waals surface area contributed by atoms with Crippen LogP contribution in [0.3, 0.4) is 0 Å². The molecule has 1 aromatic carbocycles. The van der Waals surface area contributed by atoms with Crippen molar-refractivity contribution < 1.29 is 14.3 Å². The van der Waals surface area contributed by atoms with Crippen LogP contribution in [0.2, 0.25) is 0 Å². The van der Waals surface area contributed by atoms with Crippen LogP contribution in [0, 0.1) is 5.92 Å². The Kier molecular flexibility index (Phi) is 6.53. The Hall–Kier alpha value is -1.39. The van der Waals surface area contributed by atoms with E-state index in [4.69, 9.17) is 9.47 Å². The molecule has 1 rings (SSSR count). The summed E-state index contributed by atoms with van der Waals surface area (Å²) in [6.45, 7) is 4.48. The Morgan fingerprint density at radius 3 is 2.32 bits per heavy atom. The minimum Gasteiger partial charge on any atom is -0.468 e. The number of carbonyl (C=O) groups excluding carboxylic acids is 1. The molecule has 4 heteroatoms. The first kappa shape index (κ1) is 15.7. The minimum absolute atomic E-state index is 0.0299. The lowest BCUT2D eigenvalue weighted by atomic mass is 10.0. The molecule has 0 spiro atoms. The van der Waals surface area contributed by atoms with Gasteiger partial charge in [-0.05, 0) is 11.5 Å². The molecule has 2 atom stereocenters. The van der Waals surface area contributed by atoms with Crippen LogP contribution in [-0.4, -0.2) is 32.8 Å². The Morgan fingerprint density at radius 2 is 1.84 bits per heavy atom. The molecule has 2 unspecified atom stereocenters. The highest BCUT2D eigenvalue weighted by atomic mass is 16.5. The molecule has 0 heterocycles. The average molecular weight is 265 g/mol. The summed E-state index contributed by atoms with van der Waals surface area (Å²) in [5.41, 5.74) is 1.10. The van der Waals surface area contributed by atoms with Crippen LogP contribution in [0.5, 0.6) is 0 Å². The molecule has 0 amide bonds. The molecule has 0 saturated heterocycles. The lowest BCUT2D eigenvalue weighted by Gasteiger charge is -2.26. The number of ether oxygens (including phenoxy) is 2. The van der Waals surface area contributed by atoms with Crippen LogP contribution < -0.4 is 5.32 Å². The molecular weight excluding hydrogens is 242 g/mol. The van der Waals surface area contributed by atoms with E-state index in [-0.39, 0.29) is 24.0 Å². The van der Waals surface area contributed by atoms with E-state index in [1.807, 2.05) is 44.2 Å². The zero-order chi connectivity index (χ0) is 14.3. The van der Waals surface area contributed by atoms with E-state index < -0.39 is 0 Å². The van der Waals surface area contributed by atoms with Crippen molar-refractivity contribution in [1.82, 2.24) is 5.32 Å².